The van der Waals surface area contributed by atoms with Crippen LogP contribution in [0.25, 0.3) is 0 Å². The summed E-state index contributed by atoms with van der Waals surface area (Å²) in [5.74, 6) is 0.217. The molecule has 0 heterocycles. The first-order valence-corrected chi connectivity index (χ1v) is 8.47. The molecule has 0 bridgehead atoms. The standard InChI is InChI=1S/C16H16ClF2N3OS/c1-22(10-4-3-5-11(8-10)23-15(18)19)16(20)21-14-9-12(24-2)6-7-13(14)17/h3-9,15H,1-2H3,(H2,20,21). The Bertz CT molecular complexity index is 743. The SMILES string of the molecule is CSc1ccc(Cl)c(N=C(N)N(C)c2cccc(OC(F)F)c2)c1. The van der Waals surface area contributed by atoms with Crippen LogP contribution in [0.4, 0.5) is 20.2 Å². The minimum Gasteiger partial charge on any atom is -0.435 e. The van der Waals surface area contributed by atoms with E-state index < -0.39 is 6.61 Å². The molecule has 0 radical (unpaired) electrons. The summed E-state index contributed by atoms with van der Waals surface area (Å²) in [7, 11) is 1.67. The smallest absolute Gasteiger partial charge is 0.387 e. The third-order valence-electron chi connectivity index (χ3n) is 3.16. The van der Waals surface area contributed by atoms with E-state index in [2.05, 4.69) is 9.73 Å². The number of halogens is 3. The molecule has 0 fully saturated rings. The van der Waals surface area contributed by atoms with Gasteiger partial charge >= 0.3 is 6.61 Å². The second kappa shape index (κ2) is 8.21. The Hall–Kier alpha value is -1.99. The van der Waals surface area contributed by atoms with Crippen LogP contribution in [0, 0.1) is 0 Å². The predicted octanol–water partition coefficient (Wildman–Crippen LogP) is 4.75. The number of benzene rings is 2. The van der Waals surface area contributed by atoms with Gasteiger partial charge in [0, 0.05) is 23.7 Å². The molecule has 0 unspecified atom stereocenters. The molecule has 0 aromatic heterocycles. The Labute approximate surface area is 148 Å². The van der Waals surface area contributed by atoms with E-state index in [1.165, 1.54) is 12.1 Å². The summed E-state index contributed by atoms with van der Waals surface area (Å²) >= 11 is 7.70. The largest absolute Gasteiger partial charge is 0.435 e. The summed E-state index contributed by atoms with van der Waals surface area (Å²) < 4.78 is 29.0. The van der Waals surface area contributed by atoms with Crippen molar-refractivity contribution in [3.8, 4) is 5.75 Å². The molecule has 128 valence electrons. The lowest BCUT2D eigenvalue weighted by Gasteiger charge is -2.19. The molecule has 2 aromatic carbocycles. The van der Waals surface area contributed by atoms with Gasteiger partial charge in [-0.1, -0.05) is 17.7 Å². The second-order valence-electron chi connectivity index (χ2n) is 4.72. The van der Waals surface area contributed by atoms with Crippen LogP contribution >= 0.6 is 23.4 Å². The fraction of sp³-hybridized carbons (Fsp3) is 0.188. The van der Waals surface area contributed by atoms with Gasteiger partial charge < -0.3 is 15.4 Å². The normalized spacial score (nSPS) is 11.7. The Kier molecular flexibility index (Phi) is 6.28. The average Bonchev–Trinajstić information content (AvgIpc) is 2.55. The number of aliphatic imine (C=N–C) groups is 1. The fourth-order valence-electron chi connectivity index (χ4n) is 1.90. The van der Waals surface area contributed by atoms with E-state index in [0.717, 1.165) is 4.90 Å². The highest BCUT2D eigenvalue weighted by Crippen LogP contribution is 2.30. The minimum atomic E-state index is -2.88. The molecule has 2 rings (SSSR count). The number of hydrogen-bond donors (Lipinski definition) is 1. The monoisotopic (exact) mass is 371 g/mol. The van der Waals surface area contributed by atoms with E-state index >= 15 is 0 Å². The number of nitrogens with zero attached hydrogens (tertiary/aromatic N) is 2. The highest BCUT2D eigenvalue weighted by molar-refractivity contribution is 7.98. The maximum atomic E-state index is 12.3. The minimum absolute atomic E-state index is 0.0459. The number of thioether (sulfide) groups is 1. The topological polar surface area (TPSA) is 50.8 Å². The molecule has 0 spiro atoms. The molecule has 0 saturated carbocycles. The Morgan fingerprint density at radius 1 is 1.29 bits per heavy atom. The number of anilines is 1. The third-order valence-corrected chi connectivity index (χ3v) is 4.21. The van der Waals surface area contributed by atoms with E-state index in [9.17, 15) is 8.78 Å². The highest BCUT2D eigenvalue weighted by atomic mass is 35.5. The molecule has 8 heteroatoms. The second-order valence-corrected chi connectivity index (χ2v) is 6.01. The Balaban J connectivity index is 2.27. The summed E-state index contributed by atoms with van der Waals surface area (Å²) in [5.41, 5.74) is 7.11. The van der Waals surface area contributed by atoms with Crippen molar-refractivity contribution >= 4 is 40.7 Å². The van der Waals surface area contributed by atoms with Crippen molar-refractivity contribution in [1.29, 1.82) is 0 Å². The number of ether oxygens (including phenoxy) is 1. The molecule has 0 aliphatic rings. The van der Waals surface area contributed by atoms with Gasteiger partial charge in [0.1, 0.15) is 5.75 Å². The van der Waals surface area contributed by atoms with Gasteiger partial charge in [-0.3, -0.25) is 0 Å². The van der Waals surface area contributed by atoms with E-state index in [-0.39, 0.29) is 11.7 Å². The van der Waals surface area contributed by atoms with Gasteiger partial charge in [-0.05, 0) is 36.6 Å². The van der Waals surface area contributed by atoms with Crippen molar-refractivity contribution < 1.29 is 13.5 Å². The van der Waals surface area contributed by atoms with Crippen molar-refractivity contribution in [2.45, 2.75) is 11.5 Å². The van der Waals surface area contributed by atoms with Crippen LogP contribution in [0.3, 0.4) is 0 Å². The fourth-order valence-corrected chi connectivity index (χ4v) is 2.50. The lowest BCUT2D eigenvalue weighted by molar-refractivity contribution is -0.0498. The lowest BCUT2D eigenvalue weighted by Crippen LogP contribution is -2.33. The van der Waals surface area contributed by atoms with Crippen LogP contribution in [-0.2, 0) is 0 Å². The summed E-state index contributed by atoms with van der Waals surface area (Å²) in [5, 5.41) is 0.471. The van der Waals surface area contributed by atoms with Crippen LogP contribution in [0.1, 0.15) is 0 Å². The van der Waals surface area contributed by atoms with Crippen molar-refractivity contribution in [3.05, 3.63) is 47.5 Å². The maximum Gasteiger partial charge on any atom is 0.387 e. The first kappa shape index (κ1) is 18.4. The quantitative estimate of drug-likeness (QED) is 0.468. The Morgan fingerprint density at radius 3 is 2.71 bits per heavy atom. The summed E-state index contributed by atoms with van der Waals surface area (Å²) in [6.45, 7) is -2.88. The van der Waals surface area contributed by atoms with Gasteiger partial charge in [0.2, 0.25) is 5.96 Å². The summed E-state index contributed by atoms with van der Waals surface area (Å²) in [4.78, 5) is 6.88. The van der Waals surface area contributed by atoms with Crippen molar-refractivity contribution in [3.63, 3.8) is 0 Å². The molecule has 24 heavy (non-hydrogen) atoms. The average molecular weight is 372 g/mol. The van der Waals surface area contributed by atoms with E-state index in [0.29, 0.717) is 16.4 Å². The number of nitrogens with two attached hydrogens (primary N) is 1. The third kappa shape index (κ3) is 4.75. The van der Waals surface area contributed by atoms with Gasteiger partial charge in [-0.25, -0.2) is 4.99 Å². The van der Waals surface area contributed by atoms with Gasteiger partial charge in [-0.2, -0.15) is 8.78 Å². The van der Waals surface area contributed by atoms with Crippen LogP contribution in [0.5, 0.6) is 5.75 Å². The van der Waals surface area contributed by atoms with Gasteiger partial charge in [0.15, 0.2) is 0 Å². The molecule has 0 aliphatic heterocycles. The number of hydrogen-bond acceptors (Lipinski definition) is 3. The van der Waals surface area contributed by atoms with Crippen LogP contribution in [0.2, 0.25) is 5.02 Å². The molecule has 0 aliphatic carbocycles. The number of rotatable bonds is 5. The van der Waals surface area contributed by atoms with E-state index in [1.54, 1.807) is 41.9 Å². The van der Waals surface area contributed by atoms with Crippen molar-refractivity contribution in [2.24, 2.45) is 10.7 Å². The van der Waals surface area contributed by atoms with Gasteiger partial charge in [0.05, 0.1) is 10.7 Å². The molecule has 4 nitrogen and oxygen atoms in total. The number of alkyl halides is 2. The van der Waals surface area contributed by atoms with E-state index in [1.807, 2.05) is 18.4 Å². The lowest BCUT2D eigenvalue weighted by atomic mass is 10.3. The zero-order valence-electron chi connectivity index (χ0n) is 13.0. The van der Waals surface area contributed by atoms with Crippen molar-refractivity contribution in [2.75, 3.05) is 18.2 Å². The zero-order valence-corrected chi connectivity index (χ0v) is 14.6. The van der Waals surface area contributed by atoms with Crippen LogP contribution in [-0.4, -0.2) is 25.9 Å². The number of guanidine groups is 1. The molecule has 2 N–H and O–H groups in total. The highest BCUT2D eigenvalue weighted by Gasteiger charge is 2.10. The maximum absolute atomic E-state index is 12.3. The molecular weight excluding hydrogens is 356 g/mol. The first-order valence-electron chi connectivity index (χ1n) is 6.87. The van der Waals surface area contributed by atoms with Gasteiger partial charge in [0.25, 0.3) is 0 Å². The molecule has 0 amide bonds. The Morgan fingerprint density at radius 2 is 2.04 bits per heavy atom. The molecule has 2 aromatic rings. The van der Waals surface area contributed by atoms with Crippen molar-refractivity contribution in [1.82, 2.24) is 0 Å². The van der Waals surface area contributed by atoms with E-state index in [4.69, 9.17) is 17.3 Å². The molecular formula is C16H16ClF2N3OS. The first-order chi connectivity index (χ1) is 11.4. The zero-order chi connectivity index (χ0) is 17.7. The van der Waals surface area contributed by atoms with Crippen LogP contribution in [0.15, 0.2) is 52.4 Å². The molecule has 0 atom stereocenters. The van der Waals surface area contributed by atoms with Crippen LogP contribution < -0.4 is 15.4 Å². The summed E-state index contributed by atoms with van der Waals surface area (Å²) in [6, 6.07) is 11.7. The van der Waals surface area contributed by atoms with Gasteiger partial charge in [-0.15, -0.1) is 11.8 Å². The molecule has 0 saturated heterocycles. The predicted molar refractivity (Wildman–Crippen MR) is 96.0 cm³/mol. The summed E-state index contributed by atoms with van der Waals surface area (Å²) in [6.07, 6.45) is 1.95.